The van der Waals surface area contributed by atoms with Crippen molar-refractivity contribution in [1.82, 2.24) is 4.98 Å². The SMILES string of the molecule is COC(=O)c1cc[nH]c1.Cl. The van der Waals surface area contributed by atoms with E-state index in [1.165, 1.54) is 7.11 Å². The lowest BCUT2D eigenvalue weighted by Gasteiger charge is -1.90. The molecule has 0 aliphatic heterocycles. The largest absolute Gasteiger partial charge is 0.465 e. The van der Waals surface area contributed by atoms with Gasteiger partial charge in [0.2, 0.25) is 0 Å². The van der Waals surface area contributed by atoms with Crippen molar-refractivity contribution < 1.29 is 9.53 Å². The zero-order valence-corrected chi connectivity index (χ0v) is 6.27. The maximum atomic E-state index is 10.6. The standard InChI is InChI=1S/C6H7NO2.ClH/c1-9-6(8)5-2-3-7-4-5;/h2-4,7H,1H3;1H. The van der Waals surface area contributed by atoms with Crippen molar-refractivity contribution in [2.24, 2.45) is 0 Å². The molecule has 56 valence electrons. The molecule has 0 unspecified atom stereocenters. The van der Waals surface area contributed by atoms with Gasteiger partial charge in [-0.2, -0.15) is 0 Å². The van der Waals surface area contributed by atoms with Crippen molar-refractivity contribution in [1.29, 1.82) is 0 Å². The van der Waals surface area contributed by atoms with E-state index in [9.17, 15) is 4.79 Å². The summed E-state index contributed by atoms with van der Waals surface area (Å²) in [6.07, 6.45) is 3.26. The highest BCUT2D eigenvalue weighted by Gasteiger charge is 2.02. The molecular weight excluding hydrogens is 154 g/mol. The third kappa shape index (κ3) is 1.77. The predicted octanol–water partition coefficient (Wildman–Crippen LogP) is 1.22. The minimum Gasteiger partial charge on any atom is -0.465 e. The van der Waals surface area contributed by atoms with Gasteiger partial charge in [-0.15, -0.1) is 12.4 Å². The number of esters is 1. The summed E-state index contributed by atoms with van der Waals surface area (Å²) in [6, 6.07) is 1.66. The van der Waals surface area contributed by atoms with Crippen LogP contribution in [0.3, 0.4) is 0 Å². The number of carbonyl (C=O) groups excluding carboxylic acids is 1. The minimum absolute atomic E-state index is 0. The number of ether oxygens (including phenoxy) is 1. The molecule has 1 rings (SSSR count). The van der Waals surface area contributed by atoms with E-state index in [2.05, 4.69) is 9.72 Å². The minimum atomic E-state index is -0.309. The molecule has 10 heavy (non-hydrogen) atoms. The first-order valence-electron chi connectivity index (χ1n) is 2.55. The summed E-state index contributed by atoms with van der Waals surface area (Å²) in [5.41, 5.74) is 0.553. The Kier molecular flexibility index (Phi) is 3.57. The van der Waals surface area contributed by atoms with Crippen LogP contribution in [0.2, 0.25) is 0 Å². The quantitative estimate of drug-likeness (QED) is 0.630. The Bertz CT molecular complexity index is 196. The van der Waals surface area contributed by atoms with Crippen molar-refractivity contribution in [3.05, 3.63) is 24.0 Å². The van der Waals surface area contributed by atoms with Crippen molar-refractivity contribution >= 4 is 18.4 Å². The van der Waals surface area contributed by atoms with Crippen LogP contribution in [0.25, 0.3) is 0 Å². The van der Waals surface area contributed by atoms with Gasteiger partial charge in [-0.25, -0.2) is 4.79 Å². The average Bonchev–Trinajstić information content (AvgIpc) is 2.37. The second kappa shape index (κ2) is 3.95. The fourth-order valence-corrected chi connectivity index (χ4v) is 0.569. The van der Waals surface area contributed by atoms with E-state index in [1.807, 2.05) is 0 Å². The van der Waals surface area contributed by atoms with Gasteiger partial charge in [0.05, 0.1) is 12.7 Å². The molecule has 1 heterocycles. The molecule has 3 nitrogen and oxygen atoms in total. The van der Waals surface area contributed by atoms with Crippen molar-refractivity contribution in [2.75, 3.05) is 7.11 Å². The smallest absolute Gasteiger partial charge is 0.339 e. The Labute approximate surface area is 64.8 Å². The number of hydrogen-bond acceptors (Lipinski definition) is 2. The van der Waals surface area contributed by atoms with Gasteiger partial charge in [0, 0.05) is 12.4 Å². The molecular formula is C6H8ClNO2. The maximum Gasteiger partial charge on any atom is 0.339 e. The molecule has 4 heteroatoms. The fourth-order valence-electron chi connectivity index (χ4n) is 0.569. The van der Waals surface area contributed by atoms with E-state index in [1.54, 1.807) is 18.5 Å². The normalized spacial score (nSPS) is 8.10. The highest BCUT2D eigenvalue weighted by Crippen LogP contribution is 1.96. The summed E-state index contributed by atoms with van der Waals surface area (Å²) in [6.45, 7) is 0. The molecule has 1 aromatic heterocycles. The van der Waals surface area contributed by atoms with Crippen LogP contribution in [0.5, 0.6) is 0 Å². The monoisotopic (exact) mass is 161 g/mol. The van der Waals surface area contributed by atoms with E-state index >= 15 is 0 Å². The summed E-state index contributed by atoms with van der Waals surface area (Å²) in [5, 5.41) is 0. The third-order valence-electron chi connectivity index (χ3n) is 1.02. The highest BCUT2D eigenvalue weighted by atomic mass is 35.5. The van der Waals surface area contributed by atoms with Gasteiger partial charge in [-0.05, 0) is 6.07 Å². The van der Waals surface area contributed by atoms with Gasteiger partial charge in [0.25, 0.3) is 0 Å². The fraction of sp³-hybridized carbons (Fsp3) is 0.167. The molecule has 0 fully saturated rings. The van der Waals surface area contributed by atoms with Crippen LogP contribution in [-0.4, -0.2) is 18.1 Å². The Morgan fingerprint density at radius 3 is 2.80 bits per heavy atom. The number of nitrogens with one attached hydrogen (secondary N) is 1. The molecule has 0 radical (unpaired) electrons. The zero-order chi connectivity index (χ0) is 6.69. The van der Waals surface area contributed by atoms with Crippen LogP contribution in [0.15, 0.2) is 18.5 Å². The summed E-state index contributed by atoms with van der Waals surface area (Å²) in [4.78, 5) is 13.4. The van der Waals surface area contributed by atoms with E-state index in [-0.39, 0.29) is 18.4 Å². The first-order valence-corrected chi connectivity index (χ1v) is 2.55. The van der Waals surface area contributed by atoms with E-state index in [0.29, 0.717) is 5.56 Å². The number of halogens is 1. The molecule has 0 aliphatic carbocycles. The summed E-state index contributed by atoms with van der Waals surface area (Å²) < 4.78 is 4.44. The summed E-state index contributed by atoms with van der Waals surface area (Å²) >= 11 is 0. The van der Waals surface area contributed by atoms with Gasteiger partial charge >= 0.3 is 5.97 Å². The van der Waals surface area contributed by atoms with Crippen molar-refractivity contribution in [3.63, 3.8) is 0 Å². The lowest BCUT2D eigenvalue weighted by molar-refractivity contribution is 0.0601. The van der Waals surface area contributed by atoms with Crippen molar-refractivity contribution in [3.8, 4) is 0 Å². The van der Waals surface area contributed by atoms with Gasteiger partial charge < -0.3 is 9.72 Å². The van der Waals surface area contributed by atoms with E-state index in [4.69, 9.17) is 0 Å². The van der Waals surface area contributed by atoms with Crippen LogP contribution >= 0.6 is 12.4 Å². The molecule has 1 N–H and O–H groups in total. The molecule has 0 atom stereocenters. The number of hydrogen-bond donors (Lipinski definition) is 1. The Balaban J connectivity index is 0.000000810. The van der Waals surface area contributed by atoms with E-state index < -0.39 is 0 Å². The Hall–Kier alpha value is -0.960. The molecule has 0 aromatic carbocycles. The Morgan fingerprint density at radius 2 is 2.40 bits per heavy atom. The predicted molar refractivity (Wildman–Crippen MR) is 39.4 cm³/mol. The number of H-pyrrole nitrogens is 1. The first kappa shape index (κ1) is 9.04. The summed E-state index contributed by atoms with van der Waals surface area (Å²) in [5.74, 6) is -0.309. The molecule has 0 aliphatic rings. The van der Waals surface area contributed by atoms with Gasteiger partial charge in [-0.1, -0.05) is 0 Å². The molecule has 0 saturated heterocycles. The molecule has 0 amide bonds. The van der Waals surface area contributed by atoms with Crippen LogP contribution in [0.4, 0.5) is 0 Å². The van der Waals surface area contributed by atoms with Gasteiger partial charge in [-0.3, -0.25) is 0 Å². The Morgan fingerprint density at radius 1 is 1.70 bits per heavy atom. The first-order chi connectivity index (χ1) is 4.34. The van der Waals surface area contributed by atoms with Gasteiger partial charge in [0.15, 0.2) is 0 Å². The lowest BCUT2D eigenvalue weighted by Crippen LogP contribution is -1.97. The third-order valence-corrected chi connectivity index (χ3v) is 1.02. The second-order valence-electron chi connectivity index (χ2n) is 1.59. The lowest BCUT2D eigenvalue weighted by atomic mass is 10.3. The van der Waals surface area contributed by atoms with E-state index in [0.717, 1.165) is 0 Å². The topological polar surface area (TPSA) is 42.1 Å². The summed E-state index contributed by atoms with van der Waals surface area (Å²) in [7, 11) is 1.36. The number of aromatic nitrogens is 1. The second-order valence-corrected chi connectivity index (χ2v) is 1.59. The highest BCUT2D eigenvalue weighted by molar-refractivity contribution is 5.88. The van der Waals surface area contributed by atoms with Gasteiger partial charge in [0.1, 0.15) is 0 Å². The van der Waals surface area contributed by atoms with Crippen LogP contribution in [0, 0.1) is 0 Å². The van der Waals surface area contributed by atoms with Crippen molar-refractivity contribution in [2.45, 2.75) is 0 Å². The van der Waals surface area contributed by atoms with Crippen LogP contribution in [0.1, 0.15) is 10.4 Å². The number of aromatic amines is 1. The maximum absolute atomic E-state index is 10.6. The molecule has 0 saturated carbocycles. The zero-order valence-electron chi connectivity index (χ0n) is 5.46. The molecule has 0 spiro atoms. The molecule has 0 bridgehead atoms. The number of methoxy groups -OCH3 is 1. The molecule has 1 aromatic rings. The number of rotatable bonds is 1. The van der Waals surface area contributed by atoms with Crippen LogP contribution in [-0.2, 0) is 4.74 Å². The number of carbonyl (C=O) groups is 1. The average molecular weight is 162 g/mol. The van der Waals surface area contributed by atoms with Crippen LogP contribution < -0.4 is 0 Å².